The second-order valence-corrected chi connectivity index (χ2v) is 4.46. The van der Waals surface area contributed by atoms with Crippen LogP contribution in [0.4, 0.5) is 5.69 Å². The third kappa shape index (κ3) is 7.82. The fourth-order valence-corrected chi connectivity index (χ4v) is 1.46. The monoisotopic (exact) mass is 286 g/mol. The van der Waals surface area contributed by atoms with Gasteiger partial charge in [0.25, 0.3) is 0 Å². The van der Waals surface area contributed by atoms with Crippen LogP contribution in [0.5, 0.6) is 0 Å². The summed E-state index contributed by atoms with van der Waals surface area (Å²) in [5.41, 5.74) is 1.89. The summed E-state index contributed by atoms with van der Waals surface area (Å²) < 4.78 is 5.53. The summed E-state index contributed by atoms with van der Waals surface area (Å²) in [6, 6.07) is 7.74. The zero-order valence-corrected chi connectivity index (χ0v) is 12.5. The van der Waals surface area contributed by atoms with Gasteiger partial charge in [0.1, 0.15) is 0 Å². The van der Waals surface area contributed by atoms with Gasteiger partial charge in [0.05, 0.1) is 12.7 Å². The van der Waals surface area contributed by atoms with Crippen LogP contribution in [0.2, 0.25) is 0 Å². The normalized spacial score (nSPS) is 10.1. The van der Waals surface area contributed by atoms with Crippen LogP contribution in [-0.4, -0.2) is 25.6 Å². The zero-order valence-electron chi connectivity index (χ0n) is 11.7. The highest BCUT2D eigenvalue weighted by Gasteiger charge is 2.03. The number of amides is 1. The molecule has 0 aliphatic carbocycles. The van der Waals surface area contributed by atoms with Crippen molar-refractivity contribution in [3.63, 3.8) is 0 Å². The van der Waals surface area contributed by atoms with Crippen LogP contribution in [0.15, 0.2) is 24.3 Å². The topological polar surface area (TPSA) is 50.4 Å². The molecule has 1 aromatic carbocycles. The molecule has 0 radical (unpaired) electrons. The summed E-state index contributed by atoms with van der Waals surface area (Å²) in [5, 5.41) is 5.82. The van der Waals surface area contributed by atoms with Crippen molar-refractivity contribution in [1.29, 1.82) is 0 Å². The average Bonchev–Trinajstić information content (AvgIpc) is 2.34. The number of benzene rings is 1. The average molecular weight is 287 g/mol. The molecule has 2 N–H and O–H groups in total. The van der Waals surface area contributed by atoms with E-state index in [1.54, 1.807) is 0 Å². The summed E-state index contributed by atoms with van der Waals surface area (Å²) in [6.45, 7) is 5.26. The van der Waals surface area contributed by atoms with Crippen LogP contribution < -0.4 is 10.6 Å². The first kappa shape index (κ1) is 17.9. The number of carbonyl (C=O) groups is 1. The third-order valence-electron chi connectivity index (χ3n) is 2.40. The van der Waals surface area contributed by atoms with Crippen molar-refractivity contribution in [2.45, 2.75) is 33.0 Å². The van der Waals surface area contributed by atoms with E-state index in [2.05, 4.69) is 10.6 Å². The molecule has 5 heteroatoms. The van der Waals surface area contributed by atoms with Gasteiger partial charge in [0, 0.05) is 18.7 Å². The van der Waals surface area contributed by atoms with Crippen molar-refractivity contribution < 1.29 is 9.53 Å². The van der Waals surface area contributed by atoms with Crippen molar-refractivity contribution >= 4 is 24.0 Å². The molecule has 0 saturated carbocycles. The number of carbonyl (C=O) groups excluding carboxylic acids is 1. The smallest absolute Gasteiger partial charge is 0.225 e. The molecule has 0 atom stereocenters. The minimum atomic E-state index is 0. The summed E-state index contributed by atoms with van der Waals surface area (Å²) >= 11 is 0. The van der Waals surface area contributed by atoms with Gasteiger partial charge in [-0.25, -0.2) is 0 Å². The standard InChI is InChI=1S/C14H22N2O2.ClH/c1-11(2)18-10-12-5-4-6-13(9-12)16-14(17)7-8-15-3;/h4-6,9,11,15H,7-8,10H2,1-3H3,(H,16,17);1H. The van der Waals surface area contributed by atoms with Crippen LogP contribution in [0.3, 0.4) is 0 Å². The molecule has 0 bridgehead atoms. The summed E-state index contributed by atoms with van der Waals surface area (Å²) in [5.74, 6) is 0.0197. The quantitative estimate of drug-likeness (QED) is 0.810. The van der Waals surface area contributed by atoms with E-state index in [1.807, 2.05) is 45.2 Å². The molecular formula is C14H23ClN2O2. The number of rotatable bonds is 7. The number of anilines is 1. The summed E-state index contributed by atoms with van der Waals surface area (Å²) in [6.07, 6.45) is 0.683. The maximum Gasteiger partial charge on any atom is 0.225 e. The van der Waals surface area contributed by atoms with Crippen LogP contribution in [0.1, 0.15) is 25.8 Å². The Morgan fingerprint density at radius 1 is 1.37 bits per heavy atom. The fourth-order valence-electron chi connectivity index (χ4n) is 1.46. The molecule has 1 amide bonds. The van der Waals surface area contributed by atoms with E-state index < -0.39 is 0 Å². The Bertz CT molecular complexity index is 383. The predicted octanol–water partition coefficient (Wildman–Crippen LogP) is 2.58. The fraction of sp³-hybridized carbons (Fsp3) is 0.500. The molecular weight excluding hydrogens is 264 g/mol. The van der Waals surface area contributed by atoms with Crippen LogP contribution in [0, 0.1) is 0 Å². The molecule has 108 valence electrons. The summed E-state index contributed by atoms with van der Waals surface area (Å²) in [7, 11) is 1.83. The molecule has 0 aliphatic heterocycles. The van der Waals surface area contributed by atoms with Crippen molar-refractivity contribution in [3.8, 4) is 0 Å². The predicted molar refractivity (Wildman–Crippen MR) is 80.8 cm³/mol. The van der Waals surface area contributed by atoms with Gasteiger partial charge in [0.15, 0.2) is 0 Å². The highest BCUT2D eigenvalue weighted by Crippen LogP contribution is 2.12. The van der Waals surface area contributed by atoms with E-state index in [-0.39, 0.29) is 24.4 Å². The van der Waals surface area contributed by atoms with Crippen LogP contribution in [-0.2, 0) is 16.1 Å². The van der Waals surface area contributed by atoms with Crippen molar-refractivity contribution in [2.24, 2.45) is 0 Å². The van der Waals surface area contributed by atoms with Gasteiger partial charge in [-0.05, 0) is 38.6 Å². The first-order valence-electron chi connectivity index (χ1n) is 6.27. The Labute approximate surface area is 121 Å². The molecule has 0 saturated heterocycles. The number of ether oxygens (including phenoxy) is 1. The van der Waals surface area contributed by atoms with Crippen LogP contribution >= 0.6 is 12.4 Å². The molecule has 0 fully saturated rings. The first-order valence-corrected chi connectivity index (χ1v) is 6.27. The SMILES string of the molecule is CNCCC(=O)Nc1cccc(COC(C)C)c1.Cl. The Balaban J connectivity index is 0.00000324. The maximum atomic E-state index is 11.6. The second-order valence-electron chi connectivity index (χ2n) is 4.46. The van der Waals surface area contributed by atoms with E-state index in [9.17, 15) is 4.79 Å². The lowest BCUT2D eigenvalue weighted by Gasteiger charge is -2.10. The van der Waals surface area contributed by atoms with Gasteiger partial charge in [-0.15, -0.1) is 12.4 Å². The molecule has 4 nitrogen and oxygen atoms in total. The Kier molecular flexibility index (Phi) is 9.21. The highest BCUT2D eigenvalue weighted by molar-refractivity contribution is 5.90. The number of hydrogen-bond donors (Lipinski definition) is 2. The van der Waals surface area contributed by atoms with E-state index >= 15 is 0 Å². The van der Waals surface area contributed by atoms with Gasteiger partial charge in [-0.1, -0.05) is 12.1 Å². The second kappa shape index (κ2) is 9.78. The van der Waals surface area contributed by atoms with Gasteiger partial charge in [0.2, 0.25) is 5.91 Å². The van der Waals surface area contributed by atoms with Crippen molar-refractivity contribution in [1.82, 2.24) is 5.32 Å². The number of nitrogens with one attached hydrogen (secondary N) is 2. The van der Waals surface area contributed by atoms with Crippen molar-refractivity contribution in [2.75, 3.05) is 18.9 Å². The van der Waals surface area contributed by atoms with E-state index in [0.717, 1.165) is 11.3 Å². The van der Waals surface area contributed by atoms with Crippen molar-refractivity contribution in [3.05, 3.63) is 29.8 Å². The van der Waals surface area contributed by atoms with Gasteiger partial charge >= 0.3 is 0 Å². The van der Waals surface area contributed by atoms with Gasteiger partial charge < -0.3 is 15.4 Å². The minimum Gasteiger partial charge on any atom is -0.374 e. The molecule has 0 aromatic heterocycles. The van der Waals surface area contributed by atoms with Gasteiger partial charge in [-0.3, -0.25) is 4.79 Å². The van der Waals surface area contributed by atoms with Crippen LogP contribution in [0.25, 0.3) is 0 Å². The molecule has 0 aliphatic rings. The number of hydrogen-bond acceptors (Lipinski definition) is 3. The lowest BCUT2D eigenvalue weighted by molar-refractivity contribution is -0.116. The molecule has 19 heavy (non-hydrogen) atoms. The Morgan fingerprint density at radius 3 is 2.74 bits per heavy atom. The largest absolute Gasteiger partial charge is 0.374 e. The molecule has 0 unspecified atom stereocenters. The third-order valence-corrected chi connectivity index (χ3v) is 2.40. The minimum absolute atomic E-state index is 0. The first-order chi connectivity index (χ1) is 8.61. The Hall–Kier alpha value is -1.10. The molecule has 0 spiro atoms. The maximum absolute atomic E-state index is 11.6. The summed E-state index contributed by atoms with van der Waals surface area (Å²) in [4.78, 5) is 11.6. The zero-order chi connectivity index (χ0) is 13.4. The molecule has 0 heterocycles. The lowest BCUT2D eigenvalue weighted by atomic mass is 10.2. The van der Waals surface area contributed by atoms with Gasteiger partial charge in [-0.2, -0.15) is 0 Å². The number of halogens is 1. The molecule has 1 aromatic rings. The Morgan fingerprint density at radius 2 is 2.11 bits per heavy atom. The lowest BCUT2D eigenvalue weighted by Crippen LogP contribution is -2.18. The molecule has 1 rings (SSSR count). The van der Waals surface area contributed by atoms with E-state index in [4.69, 9.17) is 4.74 Å². The highest BCUT2D eigenvalue weighted by atomic mass is 35.5. The van der Waals surface area contributed by atoms with E-state index in [0.29, 0.717) is 19.6 Å². The van der Waals surface area contributed by atoms with E-state index in [1.165, 1.54) is 0 Å².